The molecular weight excluding hydrogens is 178 g/mol. The van der Waals surface area contributed by atoms with Crippen molar-refractivity contribution in [3.63, 3.8) is 0 Å². The Morgan fingerprint density at radius 3 is 2.57 bits per heavy atom. The van der Waals surface area contributed by atoms with Crippen LogP contribution in [0.1, 0.15) is 39.0 Å². The Balaban J connectivity index is 2.23. The molecule has 84 valence electrons. The summed E-state index contributed by atoms with van der Waals surface area (Å²) in [6, 6.07) is 0.585. The molecule has 3 nitrogen and oxygen atoms in total. The van der Waals surface area contributed by atoms with E-state index >= 15 is 0 Å². The molecular formula is C11H23NO2. The van der Waals surface area contributed by atoms with Crippen LogP contribution in [0.4, 0.5) is 0 Å². The van der Waals surface area contributed by atoms with Gasteiger partial charge < -0.3 is 15.2 Å². The first-order valence-electron chi connectivity index (χ1n) is 5.67. The van der Waals surface area contributed by atoms with Gasteiger partial charge in [0.2, 0.25) is 0 Å². The second-order valence-electron chi connectivity index (χ2n) is 4.34. The third kappa shape index (κ3) is 3.56. The van der Waals surface area contributed by atoms with Crippen LogP contribution in [0.15, 0.2) is 0 Å². The largest absolute Gasteiger partial charge is 0.387 e. The van der Waals surface area contributed by atoms with Crippen molar-refractivity contribution in [2.24, 2.45) is 0 Å². The van der Waals surface area contributed by atoms with Crippen molar-refractivity contribution in [1.29, 1.82) is 0 Å². The SMILES string of the molecule is CCCOCC1(O)CCC(NC)CC1. The van der Waals surface area contributed by atoms with Crippen LogP contribution in [0, 0.1) is 0 Å². The van der Waals surface area contributed by atoms with Crippen molar-refractivity contribution in [3.8, 4) is 0 Å². The molecule has 0 atom stereocenters. The average molecular weight is 201 g/mol. The van der Waals surface area contributed by atoms with E-state index in [1.54, 1.807) is 0 Å². The molecule has 14 heavy (non-hydrogen) atoms. The molecule has 0 saturated heterocycles. The van der Waals surface area contributed by atoms with Gasteiger partial charge >= 0.3 is 0 Å². The predicted molar refractivity (Wildman–Crippen MR) is 57.4 cm³/mol. The van der Waals surface area contributed by atoms with Crippen LogP contribution in [0.5, 0.6) is 0 Å². The van der Waals surface area contributed by atoms with Crippen molar-refractivity contribution in [2.45, 2.75) is 50.7 Å². The van der Waals surface area contributed by atoms with Crippen LogP contribution in [0.2, 0.25) is 0 Å². The van der Waals surface area contributed by atoms with E-state index in [-0.39, 0.29) is 0 Å². The van der Waals surface area contributed by atoms with Gasteiger partial charge in [-0.25, -0.2) is 0 Å². The number of nitrogens with one attached hydrogen (secondary N) is 1. The van der Waals surface area contributed by atoms with Crippen molar-refractivity contribution in [1.82, 2.24) is 5.32 Å². The number of hydrogen-bond acceptors (Lipinski definition) is 3. The lowest BCUT2D eigenvalue weighted by Crippen LogP contribution is -2.43. The van der Waals surface area contributed by atoms with Gasteiger partial charge in [-0.15, -0.1) is 0 Å². The van der Waals surface area contributed by atoms with Crippen molar-refractivity contribution >= 4 is 0 Å². The van der Waals surface area contributed by atoms with Crippen molar-refractivity contribution < 1.29 is 9.84 Å². The average Bonchev–Trinajstić information content (AvgIpc) is 2.19. The molecule has 3 heteroatoms. The number of hydrogen-bond donors (Lipinski definition) is 2. The Hall–Kier alpha value is -0.120. The number of rotatable bonds is 5. The first-order chi connectivity index (χ1) is 6.70. The minimum absolute atomic E-state index is 0.511. The Bertz CT molecular complexity index is 148. The van der Waals surface area contributed by atoms with E-state index in [9.17, 15) is 5.11 Å². The van der Waals surface area contributed by atoms with Crippen LogP contribution < -0.4 is 5.32 Å². The molecule has 1 saturated carbocycles. The fourth-order valence-electron chi connectivity index (χ4n) is 1.99. The number of aliphatic hydroxyl groups is 1. The van der Waals surface area contributed by atoms with Crippen LogP contribution in [-0.4, -0.2) is 37.0 Å². The van der Waals surface area contributed by atoms with Crippen LogP contribution >= 0.6 is 0 Å². The maximum absolute atomic E-state index is 10.2. The molecule has 1 rings (SSSR count). The summed E-state index contributed by atoms with van der Waals surface area (Å²) in [6.45, 7) is 3.36. The topological polar surface area (TPSA) is 41.5 Å². The molecule has 0 amide bonds. The zero-order valence-corrected chi connectivity index (χ0v) is 9.38. The summed E-state index contributed by atoms with van der Waals surface area (Å²) in [5.41, 5.74) is -0.553. The second kappa shape index (κ2) is 5.69. The van der Waals surface area contributed by atoms with E-state index in [0.717, 1.165) is 38.7 Å². The van der Waals surface area contributed by atoms with Gasteiger partial charge in [0.15, 0.2) is 0 Å². The summed E-state index contributed by atoms with van der Waals surface area (Å²) in [7, 11) is 1.99. The molecule has 0 aromatic carbocycles. The Kier molecular flexibility index (Phi) is 4.85. The zero-order valence-electron chi connectivity index (χ0n) is 9.38. The molecule has 0 spiro atoms. The molecule has 1 fully saturated rings. The lowest BCUT2D eigenvalue weighted by molar-refractivity contribution is -0.0718. The van der Waals surface area contributed by atoms with E-state index in [1.807, 2.05) is 7.05 Å². The maximum Gasteiger partial charge on any atom is 0.0881 e. The summed E-state index contributed by atoms with van der Waals surface area (Å²) in [6.07, 6.45) is 4.87. The normalized spacial score (nSPS) is 33.2. The van der Waals surface area contributed by atoms with Gasteiger partial charge in [0.05, 0.1) is 12.2 Å². The van der Waals surface area contributed by atoms with Crippen molar-refractivity contribution in [3.05, 3.63) is 0 Å². The fraction of sp³-hybridized carbons (Fsp3) is 1.00. The summed E-state index contributed by atoms with van der Waals surface area (Å²) in [5, 5.41) is 13.4. The van der Waals surface area contributed by atoms with Crippen LogP contribution in [0.25, 0.3) is 0 Å². The summed E-state index contributed by atoms with van der Waals surface area (Å²) >= 11 is 0. The van der Waals surface area contributed by atoms with Crippen molar-refractivity contribution in [2.75, 3.05) is 20.3 Å². The smallest absolute Gasteiger partial charge is 0.0881 e. The minimum atomic E-state index is -0.553. The summed E-state index contributed by atoms with van der Waals surface area (Å²) in [5.74, 6) is 0. The highest BCUT2D eigenvalue weighted by Gasteiger charge is 2.32. The Morgan fingerprint density at radius 2 is 2.07 bits per heavy atom. The molecule has 0 radical (unpaired) electrons. The van der Waals surface area contributed by atoms with Gasteiger partial charge in [-0.1, -0.05) is 6.92 Å². The molecule has 0 aromatic rings. The Morgan fingerprint density at radius 1 is 1.43 bits per heavy atom. The lowest BCUT2D eigenvalue weighted by atomic mass is 9.83. The third-order valence-electron chi connectivity index (χ3n) is 3.04. The van der Waals surface area contributed by atoms with Gasteiger partial charge in [-0.05, 0) is 39.2 Å². The first kappa shape index (κ1) is 12.0. The lowest BCUT2D eigenvalue weighted by Gasteiger charge is -2.35. The molecule has 0 unspecified atom stereocenters. The van der Waals surface area contributed by atoms with Gasteiger partial charge in [-0.3, -0.25) is 0 Å². The van der Waals surface area contributed by atoms with Gasteiger partial charge in [0.1, 0.15) is 0 Å². The van der Waals surface area contributed by atoms with E-state index in [2.05, 4.69) is 12.2 Å². The standard InChI is InChI=1S/C11H23NO2/c1-3-8-14-9-11(13)6-4-10(12-2)5-7-11/h10,12-13H,3-9H2,1-2H3. The van der Waals surface area contributed by atoms with Gasteiger partial charge in [0.25, 0.3) is 0 Å². The molecule has 1 aliphatic rings. The fourth-order valence-corrected chi connectivity index (χ4v) is 1.99. The van der Waals surface area contributed by atoms with E-state index in [0.29, 0.717) is 12.6 Å². The van der Waals surface area contributed by atoms with Crippen LogP contribution in [-0.2, 0) is 4.74 Å². The highest BCUT2D eigenvalue weighted by atomic mass is 16.5. The molecule has 0 aliphatic heterocycles. The Labute approximate surface area is 86.8 Å². The third-order valence-corrected chi connectivity index (χ3v) is 3.04. The van der Waals surface area contributed by atoms with Crippen LogP contribution in [0.3, 0.4) is 0 Å². The van der Waals surface area contributed by atoms with E-state index in [4.69, 9.17) is 4.74 Å². The zero-order chi connectivity index (χ0) is 10.4. The highest BCUT2D eigenvalue weighted by Crippen LogP contribution is 2.28. The number of ether oxygens (including phenoxy) is 1. The predicted octanol–water partition coefficient (Wildman–Crippen LogP) is 1.31. The monoisotopic (exact) mass is 201 g/mol. The van der Waals surface area contributed by atoms with E-state index < -0.39 is 5.60 Å². The summed E-state index contributed by atoms with van der Waals surface area (Å²) in [4.78, 5) is 0. The van der Waals surface area contributed by atoms with Gasteiger partial charge in [0, 0.05) is 12.6 Å². The molecule has 2 N–H and O–H groups in total. The molecule has 0 heterocycles. The van der Waals surface area contributed by atoms with Gasteiger partial charge in [-0.2, -0.15) is 0 Å². The first-order valence-corrected chi connectivity index (χ1v) is 5.67. The van der Waals surface area contributed by atoms with E-state index in [1.165, 1.54) is 0 Å². The molecule has 0 bridgehead atoms. The molecule has 0 aromatic heterocycles. The second-order valence-corrected chi connectivity index (χ2v) is 4.34. The minimum Gasteiger partial charge on any atom is -0.387 e. The maximum atomic E-state index is 10.2. The molecule has 1 aliphatic carbocycles. The summed E-state index contributed by atoms with van der Waals surface area (Å²) < 4.78 is 5.42. The quantitative estimate of drug-likeness (QED) is 0.659. The highest BCUT2D eigenvalue weighted by molar-refractivity contribution is 4.87.